The van der Waals surface area contributed by atoms with E-state index >= 15 is 0 Å². The zero-order valence-electron chi connectivity index (χ0n) is 17.9. The first-order valence-electron chi connectivity index (χ1n) is 10.6. The van der Waals surface area contributed by atoms with Gasteiger partial charge in [-0.05, 0) is 79.9 Å². The number of aromatic nitrogens is 2. The molecule has 3 aromatic carbocycles. The van der Waals surface area contributed by atoms with Crippen LogP contribution in [0, 0.1) is 6.92 Å². The fraction of sp³-hybridized carbons (Fsp3) is 0.200. The maximum absolute atomic E-state index is 13.3. The van der Waals surface area contributed by atoms with Gasteiger partial charge in [-0.25, -0.2) is 13.9 Å². The number of hydrogen-bond acceptors (Lipinski definition) is 3. The van der Waals surface area contributed by atoms with E-state index in [9.17, 15) is 9.00 Å². The summed E-state index contributed by atoms with van der Waals surface area (Å²) in [5.41, 5.74) is 5.17. The van der Waals surface area contributed by atoms with Crippen LogP contribution in [0.1, 0.15) is 24.2 Å². The summed E-state index contributed by atoms with van der Waals surface area (Å²) >= 11 is 0. The number of aromatic amines is 1. The maximum atomic E-state index is 13.3. The van der Waals surface area contributed by atoms with Gasteiger partial charge < -0.3 is 10.3 Å². The van der Waals surface area contributed by atoms with E-state index in [2.05, 4.69) is 26.1 Å². The highest BCUT2D eigenvalue weighted by atomic mass is 32.2. The number of carbonyl (C=O) groups excluding carboxylic acids is 1. The minimum Gasteiger partial charge on any atom is -0.342 e. The van der Waals surface area contributed by atoms with Crippen LogP contribution in [0.3, 0.4) is 0 Å². The third-order valence-electron chi connectivity index (χ3n) is 6.05. The van der Waals surface area contributed by atoms with Gasteiger partial charge in [-0.15, -0.1) is 0 Å². The van der Waals surface area contributed by atoms with Crippen LogP contribution in [0.15, 0.2) is 71.6 Å². The Hall–Kier alpha value is -3.29. The Morgan fingerprint density at radius 2 is 1.81 bits per heavy atom. The number of benzene rings is 3. The van der Waals surface area contributed by atoms with Crippen molar-refractivity contribution >= 4 is 33.6 Å². The lowest BCUT2D eigenvalue weighted by atomic mass is 9.94. The van der Waals surface area contributed by atoms with Gasteiger partial charge >= 0.3 is 0 Å². The van der Waals surface area contributed by atoms with Crippen molar-refractivity contribution in [2.75, 3.05) is 12.4 Å². The summed E-state index contributed by atoms with van der Waals surface area (Å²) < 4.78 is 14.6. The summed E-state index contributed by atoms with van der Waals surface area (Å²) in [7, 11) is 0.454. The topological polar surface area (TPSA) is 86.9 Å². The molecule has 1 unspecified atom stereocenters. The molecule has 3 N–H and O–H groups in total. The van der Waals surface area contributed by atoms with E-state index in [0.29, 0.717) is 0 Å². The minimum atomic E-state index is -1.21. The highest BCUT2D eigenvalue weighted by Crippen LogP contribution is 2.49. The lowest BCUT2D eigenvalue weighted by Crippen LogP contribution is -2.27. The second kappa shape index (κ2) is 8.00. The number of amides is 1. The zero-order chi connectivity index (χ0) is 22.3. The van der Waals surface area contributed by atoms with E-state index in [1.165, 1.54) is 0 Å². The first-order chi connectivity index (χ1) is 15.5. The van der Waals surface area contributed by atoms with Gasteiger partial charge in [0.2, 0.25) is 5.91 Å². The average Bonchev–Trinajstić information content (AvgIpc) is 3.54. The standard InChI is InChI=1S/C25H24N4O2S/c1-16-27-22-11-8-19(15-23(22)28-16)25(12-13-25)24(30)29-20-5-3-4-18(14-20)17-6-9-21(10-7-17)32(31)26-2/h3-11,14-15,26H,12-13H2,1-2H3,(H,27,28)(H,29,30). The molecule has 1 aliphatic carbocycles. The molecule has 1 fully saturated rings. The summed E-state index contributed by atoms with van der Waals surface area (Å²) in [5, 5.41) is 3.12. The molecule has 0 bridgehead atoms. The zero-order valence-corrected chi connectivity index (χ0v) is 18.8. The SMILES string of the molecule is CNS(=O)c1ccc(-c2cccc(NC(=O)C3(c4ccc5nc(C)[nH]c5c4)CC3)c2)cc1. The van der Waals surface area contributed by atoms with Crippen LogP contribution in [0.5, 0.6) is 0 Å². The second-order valence-corrected chi connectivity index (χ2v) is 9.59. The fourth-order valence-electron chi connectivity index (χ4n) is 4.12. The number of H-pyrrole nitrogens is 1. The molecule has 0 radical (unpaired) electrons. The molecule has 5 rings (SSSR count). The molecule has 1 saturated carbocycles. The molecule has 1 aliphatic rings. The Labute approximate surface area is 189 Å². The fourth-order valence-corrected chi connectivity index (χ4v) is 4.74. The Balaban J connectivity index is 1.37. The lowest BCUT2D eigenvalue weighted by Gasteiger charge is -2.16. The maximum Gasteiger partial charge on any atom is 0.235 e. The van der Waals surface area contributed by atoms with Crippen molar-refractivity contribution in [3.8, 4) is 11.1 Å². The molecule has 0 saturated heterocycles. The monoisotopic (exact) mass is 444 g/mol. The number of nitrogens with one attached hydrogen (secondary N) is 3. The molecule has 162 valence electrons. The van der Waals surface area contributed by atoms with E-state index < -0.39 is 16.4 Å². The molecular formula is C25H24N4O2S. The molecule has 32 heavy (non-hydrogen) atoms. The summed E-state index contributed by atoms with van der Waals surface area (Å²) in [6.45, 7) is 1.93. The molecule has 4 aromatic rings. The highest BCUT2D eigenvalue weighted by molar-refractivity contribution is 7.83. The number of hydrogen-bond donors (Lipinski definition) is 3. The highest BCUT2D eigenvalue weighted by Gasteiger charge is 2.51. The molecular weight excluding hydrogens is 420 g/mol. The Morgan fingerprint density at radius 1 is 1.03 bits per heavy atom. The van der Waals surface area contributed by atoms with Gasteiger partial charge in [0.15, 0.2) is 0 Å². The minimum absolute atomic E-state index is 0.0185. The first-order valence-corrected chi connectivity index (χ1v) is 11.7. The van der Waals surface area contributed by atoms with Gasteiger partial charge in [0.25, 0.3) is 0 Å². The van der Waals surface area contributed by atoms with E-state index in [0.717, 1.165) is 57.0 Å². The summed E-state index contributed by atoms with van der Waals surface area (Å²) in [5.74, 6) is 0.887. The van der Waals surface area contributed by atoms with Crippen LogP contribution in [-0.2, 0) is 21.2 Å². The van der Waals surface area contributed by atoms with E-state index in [1.807, 2.05) is 67.6 Å². The predicted octanol–water partition coefficient (Wildman–Crippen LogP) is 4.45. The number of rotatable bonds is 6. The average molecular weight is 445 g/mol. The Bertz CT molecular complexity index is 1340. The van der Waals surface area contributed by atoms with E-state index in [4.69, 9.17) is 0 Å². The molecule has 0 aliphatic heterocycles. The van der Waals surface area contributed by atoms with Gasteiger partial charge in [-0.1, -0.05) is 30.3 Å². The molecule has 1 amide bonds. The quantitative estimate of drug-likeness (QED) is 0.411. The molecule has 0 spiro atoms. The first kappa shape index (κ1) is 20.6. The second-order valence-electron chi connectivity index (χ2n) is 8.17. The van der Waals surface area contributed by atoms with Gasteiger partial charge in [-0.3, -0.25) is 4.79 Å². The number of nitrogens with zero attached hydrogens (tertiary/aromatic N) is 1. The van der Waals surface area contributed by atoms with Crippen LogP contribution in [0.2, 0.25) is 0 Å². The van der Waals surface area contributed by atoms with Crippen LogP contribution in [0.25, 0.3) is 22.2 Å². The van der Waals surface area contributed by atoms with Gasteiger partial charge in [0.05, 0.1) is 21.3 Å². The Morgan fingerprint density at radius 3 is 2.53 bits per heavy atom. The predicted molar refractivity (Wildman–Crippen MR) is 128 cm³/mol. The summed E-state index contributed by atoms with van der Waals surface area (Å²) in [6.07, 6.45) is 1.67. The van der Waals surface area contributed by atoms with Crippen LogP contribution < -0.4 is 10.0 Å². The third kappa shape index (κ3) is 3.74. The van der Waals surface area contributed by atoms with Crippen molar-refractivity contribution in [3.05, 3.63) is 78.1 Å². The van der Waals surface area contributed by atoms with Crippen LogP contribution in [0.4, 0.5) is 5.69 Å². The smallest absolute Gasteiger partial charge is 0.235 e. The normalized spacial score (nSPS) is 15.4. The van der Waals surface area contributed by atoms with Crippen molar-refractivity contribution < 1.29 is 9.00 Å². The number of imidazole rings is 1. The molecule has 7 heteroatoms. The van der Waals surface area contributed by atoms with Crippen molar-refractivity contribution in [1.29, 1.82) is 0 Å². The van der Waals surface area contributed by atoms with Crippen LogP contribution in [-0.4, -0.2) is 27.1 Å². The lowest BCUT2D eigenvalue weighted by molar-refractivity contribution is -0.118. The van der Waals surface area contributed by atoms with Crippen LogP contribution >= 0.6 is 0 Å². The van der Waals surface area contributed by atoms with Crippen molar-refractivity contribution in [3.63, 3.8) is 0 Å². The van der Waals surface area contributed by atoms with Crippen molar-refractivity contribution in [1.82, 2.24) is 14.7 Å². The van der Waals surface area contributed by atoms with E-state index in [-0.39, 0.29) is 5.91 Å². The third-order valence-corrected chi connectivity index (χ3v) is 7.12. The van der Waals surface area contributed by atoms with Crippen molar-refractivity contribution in [2.45, 2.75) is 30.1 Å². The number of fused-ring (bicyclic) bond motifs is 1. The largest absolute Gasteiger partial charge is 0.342 e. The number of anilines is 1. The molecule has 1 atom stereocenters. The molecule has 1 aromatic heterocycles. The molecule has 6 nitrogen and oxygen atoms in total. The Kier molecular flexibility index (Phi) is 5.15. The van der Waals surface area contributed by atoms with Gasteiger partial charge in [0.1, 0.15) is 16.8 Å². The summed E-state index contributed by atoms with van der Waals surface area (Å²) in [6, 6.07) is 21.4. The summed E-state index contributed by atoms with van der Waals surface area (Å²) in [4.78, 5) is 21.7. The van der Waals surface area contributed by atoms with E-state index in [1.54, 1.807) is 7.05 Å². The van der Waals surface area contributed by atoms with Gasteiger partial charge in [0, 0.05) is 5.69 Å². The molecule has 1 heterocycles. The number of carbonyl (C=O) groups is 1. The number of aryl methyl sites for hydroxylation is 1. The van der Waals surface area contributed by atoms with Gasteiger partial charge in [-0.2, -0.15) is 0 Å². The van der Waals surface area contributed by atoms with Crippen molar-refractivity contribution in [2.24, 2.45) is 0 Å².